The van der Waals surface area contributed by atoms with Gasteiger partial charge in [0.1, 0.15) is 0 Å². The lowest BCUT2D eigenvalue weighted by Crippen LogP contribution is -2.42. The van der Waals surface area contributed by atoms with Crippen LogP contribution in [-0.2, 0) is 4.84 Å². The molecule has 1 fully saturated rings. The maximum atomic E-state index is 5.59. The Morgan fingerprint density at radius 2 is 2.25 bits per heavy atom. The van der Waals surface area contributed by atoms with Crippen LogP contribution >= 0.6 is 15.9 Å². The molecule has 1 saturated carbocycles. The maximum absolute atomic E-state index is 5.59. The first-order valence-electron chi connectivity index (χ1n) is 6.23. The molecule has 0 radical (unpaired) electrons. The molecule has 0 aromatic carbocycles. The molecule has 2 aromatic rings. The Kier molecular flexibility index (Phi) is 2.52. The molecule has 104 valence electrons. The van der Waals surface area contributed by atoms with Crippen LogP contribution in [0.1, 0.15) is 36.2 Å². The second-order valence-electron chi connectivity index (χ2n) is 5.00. The van der Waals surface area contributed by atoms with Gasteiger partial charge in [-0.05, 0) is 35.0 Å². The largest absolute Gasteiger partial charge is 0.446 e. The van der Waals surface area contributed by atoms with Crippen molar-refractivity contribution in [2.75, 3.05) is 0 Å². The van der Waals surface area contributed by atoms with E-state index < -0.39 is 5.72 Å². The first kappa shape index (κ1) is 12.1. The molecular weight excluding hydrogens is 328 g/mol. The molecule has 0 atom stereocenters. The van der Waals surface area contributed by atoms with Gasteiger partial charge in [0.05, 0.1) is 0 Å². The highest BCUT2D eigenvalue weighted by Crippen LogP contribution is 2.48. The molecule has 2 aromatic heterocycles. The van der Waals surface area contributed by atoms with E-state index in [-0.39, 0.29) is 5.92 Å². The Morgan fingerprint density at radius 3 is 2.90 bits per heavy atom. The molecule has 8 heteroatoms. The minimum atomic E-state index is -0.540. The SMILES string of the molecule is Cc1noc(C2CC3(C2)N=C(c2ccc(Br)o2)NO3)n1. The lowest BCUT2D eigenvalue weighted by atomic mass is 9.77. The highest BCUT2D eigenvalue weighted by atomic mass is 79.9. The molecule has 1 aliphatic carbocycles. The standard InChI is InChI=1S/C12H11BrN4O3/c1-6-14-11(19-16-6)7-4-12(5-7)15-10(17-20-12)8-2-3-9(13)18-8/h2-3,7H,4-5H2,1H3,(H,15,17). The lowest BCUT2D eigenvalue weighted by molar-refractivity contribution is -0.119. The summed E-state index contributed by atoms with van der Waals surface area (Å²) in [6.07, 6.45) is 1.43. The van der Waals surface area contributed by atoms with Crippen molar-refractivity contribution in [3.63, 3.8) is 0 Å². The van der Waals surface area contributed by atoms with Crippen LogP contribution in [0, 0.1) is 6.92 Å². The molecule has 4 rings (SSSR count). The van der Waals surface area contributed by atoms with E-state index in [1.807, 2.05) is 12.1 Å². The third-order valence-corrected chi connectivity index (χ3v) is 3.91. The van der Waals surface area contributed by atoms with Crippen molar-refractivity contribution >= 4 is 21.8 Å². The molecule has 0 saturated heterocycles. The van der Waals surface area contributed by atoms with Crippen molar-refractivity contribution in [1.29, 1.82) is 0 Å². The Morgan fingerprint density at radius 1 is 1.40 bits per heavy atom. The monoisotopic (exact) mass is 338 g/mol. The fourth-order valence-electron chi connectivity index (χ4n) is 2.48. The van der Waals surface area contributed by atoms with Crippen molar-refractivity contribution in [3.05, 3.63) is 34.3 Å². The van der Waals surface area contributed by atoms with Gasteiger partial charge in [0, 0.05) is 18.8 Å². The van der Waals surface area contributed by atoms with E-state index in [1.54, 1.807) is 6.92 Å². The number of aromatic nitrogens is 2. The molecule has 1 N–H and O–H groups in total. The summed E-state index contributed by atoms with van der Waals surface area (Å²) in [5.41, 5.74) is 2.28. The average Bonchev–Trinajstić information content (AvgIpc) is 3.05. The number of nitrogens with one attached hydrogen (secondary N) is 1. The van der Waals surface area contributed by atoms with E-state index >= 15 is 0 Å². The average molecular weight is 339 g/mol. The summed E-state index contributed by atoms with van der Waals surface area (Å²) in [5.74, 6) is 2.75. The molecule has 0 amide bonds. The van der Waals surface area contributed by atoms with Crippen LogP contribution in [-0.4, -0.2) is 21.7 Å². The van der Waals surface area contributed by atoms with Gasteiger partial charge in [-0.2, -0.15) is 4.98 Å². The highest BCUT2D eigenvalue weighted by Gasteiger charge is 2.52. The molecular formula is C12H11BrN4O3. The van der Waals surface area contributed by atoms with Crippen molar-refractivity contribution in [2.24, 2.45) is 4.99 Å². The molecule has 0 unspecified atom stereocenters. The van der Waals surface area contributed by atoms with Crippen LogP contribution in [0.3, 0.4) is 0 Å². The third kappa shape index (κ3) is 1.87. The summed E-state index contributed by atoms with van der Waals surface area (Å²) < 4.78 is 11.3. The van der Waals surface area contributed by atoms with Crippen molar-refractivity contribution in [1.82, 2.24) is 15.6 Å². The number of furan rings is 1. The minimum Gasteiger partial charge on any atom is -0.446 e. The van der Waals surface area contributed by atoms with Crippen LogP contribution in [0.2, 0.25) is 0 Å². The number of halogens is 1. The topological polar surface area (TPSA) is 85.7 Å². The van der Waals surface area contributed by atoms with Gasteiger partial charge in [0.25, 0.3) is 0 Å². The number of nitrogens with zero attached hydrogens (tertiary/aromatic N) is 3. The number of hydroxylamine groups is 1. The Balaban J connectivity index is 1.50. The summed E-state index contributed by atoms with van der Waals surface area (Å²) in [4.78, 5) is 14.4. The van der Waals surface area contributed by atoms with Gasteiger partial charge in [0.2, 0.25) is 5.89 Å². The third-order valence-electron chi connectivity index (χ3n) is 3.48. The summed E-state index contributed by atoms with van der Waals surface area (Å²) in [7, 11) is 0. The fourth-order valence-corrected chi connectivity index (χ4v) is 2.78. The van der Waals surface area contributed by atoms with E-state index in [0.29, 0.717) is 40.8 Å². The van der Waals surface area contributed by atoms with Crippen LogP contribution in [0.5, 0.6) is 0 Å². The van der Waals surface area contributed by atoms with Gasteiger partial charge in [0.15, 0.2) is 27.8 Å². The van der Waals surface area contributed by atoms with Crippen molar-refractivity contribution in [2.45, 2.75) is 31.4 Å². The first-order valence-corrected chi connectivity index (χ1v) is 7.03. The number of rotatable bonds is 2. The van der Waals surface area contributed by atoms with E-state index in [1.165, 1.54) is 0 Å². The second-order valence-corrected chi connectivity index (χ2v) is 5.78. The van der Waals surface area contributed by atoms with Gasteiger partial charge in [-0.25, -0.2) is 15.3 Å². The summed E-state index contributed by atoms with van der Waals surface area (Å²) in [5, 5.41) is 3.80. The number of aliphatic imine (C=N–C) groups is 1. The highest BCUT2D eigenvalue weighted by molar-refractivity contribution is 9.10. The van der Waals surface area contributed by atoms with Crippen molar-refractivity contribution in [3.8, 4) is 0 Å². The quantitative estimate of drug-likeness (QED) is 0.904. The van der Waals surface area contributed by atoms with Gasteiger partial charge in [-0.1, -0.05) is 5.16 Å². The zero-order valence-corrected chi connectivity index (χ0v) is 12.2. The van der Waals surface area contributed by atoms with Crippen LogP contribution < -0.4 is 5.48 Å². The van der Waals surface area contributed by atoms with Crippen LogP contribution in [0.4, 0.5) is 0 Å². The van der Waals surface area contributed by atoms with Gasteiger partial charge in [-0.3, -0.25) is 0 Å². The van der Waals surface area contributed by atoms with Gasteiger partial charge >= 0.3 is 0 Å². The molecule has 2 aliphatic rings. The van der Waals surface area contributed by atoms with E-state index in [0.717, 1.165) is 0 Å². The Hall–Kier alpha value is -1.67. The molecule has 7 nitrogen and oxygen atoms in total. The number of aryl methyl sites for hydroxylation is 1. The summed E-state index contributed by atoms with van der Waals surface area (Å²) in [6, 6.07) is 3.64. The smallest absolute Gasteiger partial charge is 0.230 e. The second kappa shape index (κ2) is 4.16. The predicted molar refractivity (Wildman–Crippen MR) is 70.9 cm³/mol. The zero-order valence-electron chi connectivity index (χ0n) is 10.6. The Bertz CT molecular complexity index is 686. The molecule has 1 spiro atoms. The fraction of sp³-hybridized carbons (Fsp3) is 0.417. The lowest BCUT2D eigenvalue weighted by Gasteiger charge is -2.38. The summed E-state index contributed by atoms with van der Waals surface area (Å²) >= 11 is 3.26. The maximum Gasteiger partial charge on any atom is 0.230 e. The van der Waals surface area contributed by atoms with Crippen molar-refractivity contribution < 1.29 is 13.8 Å². The van der Waals surface area contributed by atoms with E-state index in [9.17, 15) is 0 Å². The molecule has 3 heterocycles. The zero-order chi connectivity index (χ0) is 13.7. The number of hydrogen-bond acceptors (Lipinski definition) is 7. The molecule has 20 heavy (non-hydrogen) atoms. The Labute approximate surface area is 122 Å². The number of amidine groups is 1. The van der Waals surface area contributed by atoms with Crippen LogP contribution in [0.15, 0.2) is 30.7 Å². The van der Waals surface area contributed by atoms with Gasteiger partial charge in [-0.15, -0.1) is 0 Å². The van der Waals surface area contributed by atoms with Crippen LogP contribution in [0.25, 0.3) is 0 Å². The molecule has 1 aliphatic heterocycles. The van der Waals surface area contributed by atoms with E-state index in [4.69, 9.17) is 13.8 Å². The number of hydrogen-bond donors (Lipinski definition) is 1. The first-order chi connectivity index (χ1) is 9.63. The normalized spacial score (nSPS) is 28.3. The summed E-state index contributed by atoms with van der Waals surface area (Å²) in [6.45, 7) is 1.81. The van der Waals surface area contributed by atoms with E-state index in [2.05, 4.69) is 36.5 Å². The van der Waals surface area contributed by atoms with Gasteiger partial charge < -0.3 is 8.94 Å². The molecule has 0 bridgehead atoms. The minimum absolute atomic E-state index is 0.199. The predicted octanol–water partition coefficient (Wildman–Crippen LogP) is 2.29.